The van der Waals surface area contributed by atoms with Gasteiger partial charge in [-0.05, 0) is 35.7 Å². The maximum atomic E-state index is 12.1. The van der Waals surface area contributed by atoms with Gasteiger partial charge < -0.3 is 0 Å². The highest BCUT2D eigenvalue weighted by Crippen LogP contribution is 2.12. The molecule has 1 amide bonds. The Morgan fingerprint density at radius 3 is 2.46 bits per heavy atom. The van der Waals surface area contributed by atoms with Crippen LogP contribution in [0.4, 0.5) is 0 Å². The number of hydrogen-bond donors (Lipinski definition) is 1. The Balaban J connectivity index is 1.94. The number of amides is 1. The van der Waals surface area contributed by atoms with Crippen molar-refractivity contribution in [2.75, 3.05) is 0 Å². The van der Waals surface area contributed by atoms with Crippen LogP contribution >= 0.6 is 11.6 Å². The molecule has 0 atom stereocenters. The van der Waals surface area contributed by atoms with Crippen LogP contribution in [0.25, 0.3) is 0 Å². The quantitative estimate of drug-likeness (QED) is 0.855. The van der Waals surface area contributed by atoms with Gasteiger partial charge in [-0.2, -0.15) is 5.26 Å². The number of hydrogen-bond acceptors (Lipinski definition) is 4. The van der Waals surface area contributed by atoms with Gasteiger partial charge in [0.2, 0.25) is 15.9 Å². The zero-order chi connectivity index (χ0) is 17.6. The molecule has 0 aliphatic carbocycles. The highest BCUT2D eigenvalue weighted by molar-refractivity contribution is 7.89. The van der Waals surface area contributed by atoms with Gasteiger partial charge >= 0.3 is 0 Å². The first-order chi connectivity index (χ1) is 11.4. The lowest BCUT2D eigenvalue weighted by Gasteiger charge is -2.08. The normalized spacial score (nSPS) is 10.8. The molecule has 0 saturated heterocycles. The van der Waals surface area contributed by atoms with E-state index in [4.69, 9.17) is 16.9 Å². The van der Waals surface area contributed by atoms with Crippen molar-refractivity contribution >= 4 is 27.5 Å². The fraction of sp³-hybridized carbons (Fsp3) is 0.176. The minimum Gasteiger partial charge on any atom is -0.274 e. The first-order valence-corrected chi connectivity index (χ1v) is 9.18. The number of carbonyl (C=O) groups excluding carboxylic acids is 1. The van der Waals surface area contributed by atoms with Crippen LogP contribution in [-0.4, -0.2) is 14.3 Å². The van der Waals surface area contributed by atoms with Crippen LogP contribution in [0.15, 0.2) is 48.5 Å². The molecule has 5 nitrogen and oxygen atoms in total. The molecule has 7 heteroatoms. The Morgan fingerprint density at radius 2 is 1.79 bits per heavy atom. The number of halogens is 1. The van der Waals surface area contributed by atoms with Gasteiger partial charge in [0.1, 0.15) is 0 Å². The summed E-state index contributed by atoms with van der Waals surface area (Å²) in [7, 11) is -3.85. The van der Waals surface area contributed by atoms with Gasteiger partial charge in [0.25, 0.3) is 0 Å². The average molecular weight is 363 g/mol. The van der Waals surface area contributed by atoms with E-state index in [0.717, 1.165) is 5.56 Å². The number of aryl methyl sites for hydroxylation is 1. The Bertz CT molecular complexity index is 871. The third-order valence-corrected chi connectivity index (χ3v) is 4.79. The Kier molecular flexibility index (Phi) is 5.96. The summed E-state index contributed by atoms with van der Waals surface area (Å²) in [6.45, 7) is 0. The van der Waals surface area contributed by atoms with Crippen molar-refractivity contribution in [1.29, 1.82) is 5.26 Å². The second-order valence-corrected chi connectivity index (χ2v) is 7.34. The van der Waals surface area contributed by atoms with Crippen molar-refractivity contribution in [3.63, 3.8) is 0 Å². The van der Waals surface area contributed by atoms with Gasteiger partial charge in [-0.15, -0.1) is 0 Å². The third kappa shape index (κ3) is 5.37. The predicted octanol–water partition coefficient (Wildman–Crippen LogP) is 2.79. The highest BCUT2D eigenvalue weighted by Gasteiger charge is 2.17. The highest BCUT2D eigenvalue weighted by atomic mass is 35.5. The summed E-state index contributed by atoms with van der Waals surface area (Å²) in [4.78, 5) is 11.9. The van der Waals surface area contributed by atoms with Crippen molar-refractivity contribution in [2.24, 2.45) is 0 Å². The third-order valence-electron chi connectivity index (χ3n) is 3.31. The second kappa shape index (κ2) is 7.95. The number of nitrogens with zero attached hydrogens (tertiary/aromatic N) is 1. The molecule has 0 aliphatic rings. The molecule has 0 aliphatic heterocycles. The molecule has 2 aromatic carbocycles. The van der Waals surface area contributed by atoms with E-state index in [0.29, 0.717) is 17.0 Å². The van der Waals surface area contributed by atoms with E-state index in [9.17, 15) is 13.2 Å². The van der Waals surface area contributed by atoms with Crippen LogP contribution in [0.1, 0.15) is 23.1 Å². The number of nitriles is 1. The Hall–Kier alpha value is -2.36. The smallest absolute Gasteiger partial charge is 0.239 e. The average Bonchev–Trinajstić information content (AvgIpc) is 2.54. The number of benzene rings is 2. The molecule has 0 spiro atoms. The van der Waals surface area contributed by atoms with Gasteiger partial charge in [-0.25, -0.2) is 8.42 Å². The molecule has 0 bridgehead atoms. The largest absolute Gasteiger partial charge is 0.274 e. The molecule has 0 fully saturated rings. The first-order valence-electron chi connectivity index (χ1n) is 7.15. The first kappa shape index (κ1) is 18.0. The molecule has 1 N–H and O–H groups in total. The van der Waals surface area contributed by atoms with Crippen LogP contribution in [0.3, 0.4) is 0 Å². The van der Waals surface area contributed by atoms with E-state index in [1.807, 2.05) is 10.8 Å². The minimum absolute atomic E-state index is 0.0424. The standard InChI is InChI=1S/C17H15ClN2O3S/c18-16-8-5-13(6-9-16)7-10-17(21)20-24(22,23)12-15-4-2-1-3-14(15)11-19/h1-6,8-9H,7,10,12H2,(H,20,21). The number of rotatable bonds is 6. The summed E-state index contributed by atoms with van der Waals surface area (Å²) in [6, 6.07) is 15.3. The lowest BCUT2D eigenvalue weighted by molar-refractivity contribution is -0.119. The van der Waals surface area contributed by atoms with Crippen LogP contribution in [-0.2, 0) is 27.0 Å². The van der Waals surface area contributed by atoms with Crippen molar-refractivity contribution in [2.45, 2.75) is 18.6 Å². The lowest BCUT2D eigenvalue weighted by Crippen LogP contribution is -2.31. The van der Waals surface area contributed by atoms with E-state index in [-0.39, 0.29) is 12.0 Å². The zero-order valence-electron chi connectivity index (χ0n) is 12.7. The van der Waals surface area contributed by atoms with Crippen LogP contribution in [0.2, 0.25) is 5.02 Å². The van der Waals surface area contributed by atoms with E-state index < -0.39 is 21.7 Å². The van der Waals surface area contributed by atoms with Crippen molar-refractivity contribution in [1.82, 2.24) is 4.72 Å². The number of nitrogens with one attached hydrogen (secondary N) is 1. The molecular formula is C17H15ClN2O3S. The van der Waals surface area contributed by atoms with Gasteiger partial charge in [0.15, 0.2) is 0 Å². The van der Waals surface area contributed by atoms with Crippen molar-refractivity contribution in [3.8, 4) is 6.07 Å². The monoisotopic (exact) mass is 362 g/mol. The van der Waals surface area contributed by atoms with Gasteiger partial charge in [-0.3, -0.25) is 9.52 Å². The van der Waals surface area contributed by atoms with E-state index >= 15 is 0 Å². The molecule has 2 rings (SSSR count). The molecule has 0 aromatic heterocycles. The second-order valence-electron chi connectivity index (χ2n) is 5.18. The van der Waals surface area contributed by atoms with Crippen LogP contribution in [0.5, 0.6) is 0 Å². The molecule has 0 saturated carbocycles. The van der Waals surface area contributed by atoms with E-state index in [1.165, 1.54) is 6.07 Å². The van der Waals surface area contributed by atoms with E-state index in [2.05, 4.69) is 0 Å². The van der Waals surface area contributed by atoms with Crippen molar-refractivity contribution in [3.05, 3.63) is 70.2 Å². The molecule has 2 aromatic rings. The molecule has 24 heavy (non-hydrogen) atoms. The Morgan fingerprint density at radius 1 is 1.12 bits per heavy atom. The fourth-order valence-corrected chi connectivity index (χ4v) is 3.44. The molecular weight excluding hydrogens is 348 g/mol. The van der Waals surface area contributed by atoms with Crippen LogP contribution in [0, 0.1) is 11.3 Å². The lowest BCUT2D eigenvalue weighted by atomic mass is 10.1. The molecule has 0 radical (unpaired) electrons. The van der Waals surface area contributed by atoms with Gasteiger partial charge in [0, 0.05) is 11.4 Å². The Labute approximate surface area is 145 Å². The molecule has 0 unspecified atom stereocenters. The van der Waals surface area contributed by atoms with Gasteiger partial charge in [0.05, 0.1) is 17.4 Å². The van der Waals surface area contributed by atoms with E-state index in [1.54, 1.807) is 42.5 Å². The summed E-state index contributed by atoms with van der Waals surface area (Å²) in [5.74, 6) is -0.997. The number of sulfonamides is 1. The number of carbonyl (C=O) groups is 1. The topological polar surface area (TPSA) is 87.0 Å². The molecule has 0 heterocycles. The molecule has 124 valence electrons. The van der Waals surface area contributed by atoms with Gasteiger partial charge in [-0.1, -0.05) is 41.9 Å². The zero-order valence-corrected chi connectivity index (χ0v) is 14.3. The fourth-order valence-electron chi connectivity index (χ4n) is 2.13. The van der Waals surface area contributed by atoms with Crippen LogP contribution < -0.4 is 4.72 Å². The summed E-state index contributed by atoms with van der Waals surface area (Å²) < 4.78 is 26.2. The maximum Gasteiger partial charge on any atom is 0.239 e. The summed E-state index contributed by atoms with van der Waals surface area (Å²) >= 11 is 5.78. The van der Waals surface area contributed by atoms with Crippen molar-refractivity contribution < 1.29 is 13.2 Å². The minimum atomic E-state index is -3.85. The maximum absolute atomic E-state index is 12.1. The summed E-state index contributed by atoms with van der Waals surface area (Å²) in [5, 5.41) is 9.58. The SMILES string of the molecule is N#Cc1ccccc1CS(=O)(=O)NC(=O)CCc1ccc(Cl)cc1. The summed E-state index contributed by atoms with van der Waals surface area (Å²) in [5.41, 5.74) is 1.52. The summed E-state index contributed by atoms with van der Waals surface area (Å²) in [6.07, 6.45) is 0.452. The predicted molar refractivity (Wildman–Crippen MR) is 91.7 cm³/mol.